The van der Waals surface area contributed by atoms with Gasteiger partial charge in [-0.15, -0.1) is 0 Å². The molecule has 4 nitrogen and oxygen atoms in total. The molecule has 0 fully saturated rings. The molecule has 230 valence electrons. The summed E-state index contributed by atoms with van der Waals surface area (Å²) >= 11 is 0. The lowest BCUT2D eigenvalue weighted by Gasteiger charge is -2.26. The molecule has 3 aliphatic rings. The zero-order chi connectivity index (χ0) is 33.1. The van der Waals surface area contributed by atoms with Crippen molar-refractivity contribution in [3.63, 3.8) is 0 Å². The van der Waals surface area contributed by atoms with Crippen LogP contribution in [0.15, 0.2) is 146 Å². The first kappa shape index (κ1) is 28.6. The lowest BCUT2D eigenvalue weighted by molar-refractivity contribution is 0.105. The first-order valence-corrected chi connectivity index (χ1v) is 16.2. The second-order valence-electron chi connectivity index (χ2n) is 12.4. The van der Waals surface area contributed by atoms with Gasteiger partial charge in [0, 0.05) is 50.5 Å². The summed E-state index contributed by atoms with van der Waals surface area (Å²) in [7, 11) is 0. The number of allylic oxidation sites excluding steroid dienone is 3. The summed E-state index contributed by atoms with van der Waals surface area (Å²) in [6, 6.07) is 47.0. The molecule has 0 radical (unpaired) electrons. The van der Waals surface area contributed by atoms with E-state index < -0.39 is 0 Å². The highest BCUT2D eigenvalue weighted by molar-refractivity contribution is 6.38. The fourth-order valence-corrected chi connectivity index (χ4v) is 7.05. The topological polar surface area (TPSA) is 54.5 Å². The van der Waals surface area contributed by atoms with Gasteiger partial charge in [-0.25, -0.2) is 0 Å². The van der Waals surface area contributed by atoms with E-state index in [9.17, 15) is 14.4 Å². The Bertz CT molecular complexity index is 2180. The van der Waals surface area contributed by atoms with E-state index in [-0.39, 0.29) is 17.3 Å². The largest absolute Gasteiger partial charge is 0.311 e. The maximum absolute atomic E-state index is 13.2. The third-order valence-corrected chi connectivity index (χ3v) is 9.56. The Labute approximate surface area is 283 Å². The molecule has 0 amide bonds. The van der Waals surface area contributed by atoms with Crippen LogP contribution in [0.5, 0.6) is 0 Å². The molecule has 9 rings (SSSR count). The Morgan fingerprint density at radius 1 is 0.306 bits per heavy atom. The molecule has 49 heavy (non-hydrogen) atoms. The Balaban J connectivity index is 1.07. The van der Waals surface area contributed by atoms with Crippen molar-refractivity contribution in [1.82, 2.24) is 0 Å². The molecule has 0 atom stereocenters. The minimum Gasteiger partial charge on any atom is -0.311 e. The molecule has 0 saturated carbocycles. The predicted molar refractivity (Wildman–Crippen MR) is 197 cm³/mol. The predicted octanol–water partition coefficient (Wildman–Crippen LogP) is 10.4. The van der Waals surface area contributed by atoms with Crippen molar-refractivity contribution in [2.75, 3.05) is 4.90 Å². The number of fused-ring (bicyclic) bond motifs is 3. The van der Waals surface area contributed by atoms with Gasteiger partial charge in [-0.3, -0.25) is 14.4 Å². The van der Waals surface area contributed by atoms with Crippen LogP contribution in [0.25, 0.3) is 34.9 Å². The van der Waals surface area contributed by atoms with Gasteiger partial charge >= 0.3 is 0 Å². The van der Waals surface area contributed by atoms with Crippen molar-refractivity contribution in [3.8, 4) is 0 Å². The Hall–Kier alpha value is -6.65. The van der Waals surface area contributed by atoms with Gasteiger partial charge in [-0.1, -0.05) is 109 Å². The molecule has 0 aliphatic heterocycles. The smallest absolute Gasteiger partial charge is 0.194 e. The van der Waals surface area contributed by atoms with E-state index in [2.05, 4.69) is 4.90 Å². The first-order chi connectivity index (χ1) is 24.0. The van der Waals surface area contributed by atoms with Crippen molar-refractivity contribution in [2.24, 2.45) is 0 Å². The fraction of sp³-hybridized carbons (Fsp3) is 0. The average molecular weight is 630 g/mol. The molecule has 4 heteroatoms. The number of benzene rings is 6. The number of carbonyl (C=O) groups excluding carboxylic acids is 3. The van der Waals surface area contributed by atoms with Crippen molar-refractivity contribution in [2.45, 2.75) is 0 Å². The van der Waals surface area contributed by atoms with Crippen molar-refractivity contribution < 1.29 is 14.4 Å². The van der Waals surface area contributed by atoms with E-state index >= 15 is 0 Å². The number of hydrogen-bond donors (Lipinski definition) is 0. The lowest BCUT2D eigenvalue weighted by Crippen LogP contribution is -2.10. The third-order valence-electron chi connectivity index (χ3n) is 9.56. The average Bonchev–Trinajstić information content (AvgIpc) is 3.80. The van der Waals surface area contributed by atoms with Crippen LogP contribution in [0.1, 0.15) is 64.5 Å². The van der Waals surface area contributed by atoms with Crippen LogP contribution in [-0.4, -0.2) is 17.3 Å². The van der Waals surface area contributed by atoms with Gasteiger partial charge in [0.25, 0.3) is 0 Å². The van der Waals surface area contributed by atoms with Gasteiger partial charge in [-0.2, -0.15) is 0 Å². The molecule has 0 aromatic heterocycles. The molecule has 3 aliphatic carbocycles. The number of hydrogen-bond acceptors (Lipinski definition) is 4. The minimum absolute atomic E-state index is 0.0298. The third kappa shape index (κ3) is 4.73. The number of rotatable bonds is 6. The first-order valence-electron chi connectivity index (χ1n) is 16.2. The van der Waals surface area contributed by atoms with Crippen molar-refractivity contribution in [1.29, 1.82) is 0 Å². The van der Waals surface area contributed by atoms with Crippen LogP contribution in [0.3, 0.4) is 0 Å². The SMILES string of the molecule is O=C1C(c2ccc(N(c3ccc(C4=Cc5ccccc5C4=O)cc3)c3ccc(C4=Cc5ccccc5C4=O)cc3)cc2)=Cc2ccccc21. The van der Waals surface area contributed by atoms with E-state index in [4.69, 9.17) is 0 Å². The summed E-state index contributed by atoms with van der Waals surface area (Å²) < 4.78 is 0. The van der Waals surface area contributed by atoms with Crippen molar-refractivity contribution in [3.05, 3.63) is 196 Å². The van der Waals surface area contributed by atoms with Gasteiger partial charge < -0.3 is 4.90 Å². The second-order valence-corrected chi connectivity index (χ2v) is 12.4. The number of carbonyl (C=O) groups is 3. The van der Waals surface area contributed by atoms with Gasteiger partial charge in [-0.05, 0) is 88.0 Å². The minimum atomic E-state index is 0.0298. The number of nitrogens with zero attached hydrogens (tertiary/aromatic N) is 1. The Morgan fingerprint density at radius 3 is 0.837 bits per heavy atom. The summed E-state index contributed by atoms with van der Waals surface area (Å²) in [5.74, 6) is 0.0895. The van der Waals surface area contributed by atoms with Gasteiger partial charge in [0.1, 0.15) is 0 Å². The molecule has 6 aromatic rings. The molecule has 6 aromatic carbocycles. The van der Waals surface area contributed by atoms with Gasteiger partial charge in [0.15, 0.2) is 17.3 Å². The molecule has 0 bridgehead atoms. The highest BCUT2D eigenvalue weighted by Gasteiger charge is 2.26. The summed E-state index contributed by atoms with van der Waals surface area (Å²) in [6.07, 6.45) is 5.86. The molecule has 0 saturated heterocycles. The van der Waals surface area contributed by atoms with E-state index in [1.807, 2.05) is 164 Å². The van der Waals surface area contributed by atoms with Gasteiger partial charge in [0.2, 0.25) is 0 Å². The summed E-state index contributed by atoms with van der Waals surface area (Å²) in [6.45, 7) is 0. The van der Waals surface area contributed by atoms with E-state index in [1.54, 1.807) is 0 Å². The van der Waals surface area contributed by atoms with Crippen LogP contribution >= 0.6 is 0 Å². The molecule has 0 spiro atoms. The van der Waals surface area contributed by atoms with Crippen LogP contribution in [0.2, 0.25) is 0 Å². The Kier molecular flexibility index (Phi) is 6.56. The maximum atomic E-state index is 13.2. The fourth-order valence-electron chi connectivity index (χ4n) is 7.05. The standard InChI is InChI=1S/C45H27NO3/c47-43-37-10-4-1-7-31(37)25-40(43)28-13-19-34(20-14-28)46(35-21-15-29(16-22-35)41-26-32-8-2-5-11-38(32)44(41)48)36-23-17-30(18-24-36)42-27-33-9-3-6-12-39(33)45(42)49/h1-27H. The van der Waals surface area contributed by atoms with Crippen LogP contribution < -0.4 is 4.90 Å². The molecular formula is C45H27NO3. The zero-order valence-corrected chi connectivity index (χ0v) is 26.3. The van der Waals surface area contributed by atoms with E-state index in [0.717, 1.165) is 67.1 Å². The number of Topliss-reactive ketones (excluding diaryl/α,β-unsaturated/α-hetero) is 3. The molecule has 0 heterocycles. The normalized spacial score (nSPS) is 14.2. The monoisotopic (exact) mass is 629 g/mol. The molecular weight excluding hydrogens is 602 g/mol. The molecule has 0 N–H and O–H groups in total. The Morgan fingerprint density at radius 2 is 0.571 bits per heavy atom. The van der Waals surface area contributed by atoms with Gasteiger partial charge in [0.05, 0.1) is 0 Å². The number of ketones is 3. The summed E-state index contributed by atoms with van der Waals surface area (Å²) in [5.41, 5.74) is 12.3. The number of anilines is 3. The summed E-state index contributed by atoms with van der Waals surface area (Å²) in [5, 5.41) is 0. The highest BCUT2D eigenvalue weighted by atomic mass is 16.1. The molecule has 0 unspecified atom stereocenters. The quantitative estimate of drug-likeness (QED) is 0.184. The van der Waals surface area contributed by atoms with Crippen LogP contribution in [-0.2, 0) is 0 Å². The maximum Gasteiger partial charge on any atom is 0.194 e. The van der Waals surface area contributed by atoms with Crippen molar-refractivity contribution >= 4 is 69.4 Å². The van der Waals surface area contributed by atoms with Crippen LogP contribution in [0, 0.1) is 0 Å². The second kappa shape index (κ2) is 11.3. The van der Waals surface area contributed by atoms with Crippen LogP contribution in [0.4, 0.5) is 17.1 Å². The zero-order valence-electron chi connectivity index (χ0n) is 26.3. The van der Waals surface area contributed by atoms with E-state index in [1.165, 1.54) is 0 Å². The summed E-state index contributed by atoms with van der Waals surface area (Å²) in [4.78, 5) is 41.7. The van der Waals surface area contributed by atoms with E-state index in [0.29, 0.717) is 16.7 Å². The lowest BCUT2D eigenvalue weighted by atomic mass is 10.00. The highest BCUT2D eigenvalue weighted by Crippen LogP contribution is 2.40.